The molecule has 0 bridgehead atoms. The summed E-state index contributed by atoms with van der Waals surface area (Å²) in [5.41, 5.74) is 8.70. The number of aromatic amines is 1. The van der Waals surface area contributed by atoms with E-state index in [2.05, 4.69) is 82.1 Å². The second-order valence-electron chi connectivity index (χ2n) is 18.3. The number of carbonyl (C=O) groups excluding carboxylic acids is 3. The Balaban J connectivity index is 0.787. The van der Waals surface area contributed by atoms with Crippen molar-refractivity contribution >= 4 is 45.9 Å². The van der Waals surface area contributed by atoms with Crippen molar-refractivity contribution in [3.05, 3.63) is 102 Å². The molecule has 3 aliphatic heterocycles. The van der Waals surface area contributed by atoms with Crippen molar-refractivity contribution in [2.45, 2.75) is 65.3 Å². The standard InChI is InChI=1S/C48H54FN11O4/c1-29-24-33(8-12-37(29)30(2)51-45(62)44-53-46(64-56-44)48(3,4)5)42-38-25-34(27-50-43(38)55-54-42)32-6-10-36(11-7-32)58-22-20-57(21-23-58)28-31-14-17-59(18-15-31)40-26-35(49)9-13-39(40)60-19-16-41(61)52-47(60)63/h6-13,24-27,30-31H,14-23,28H2,1-5H3,(H,51,62)(H,50,54,55)(H,52,61,63). The number of piperidine rings is 1. The van der Waals surface area contributed by atoms with Gasteiger partial charge < -0.3 is 19.6 Å². The van der Waals surface area contributed by atoms with Crippen LogP contribution in [0.15, 0.2) is 77.4 Å². The summed E-state index contributed by atoms with van der Waals surface area (Å²) in [5.74, 6) is -0.0556. The lowest BCUT2D eigenvalue weighted by molar-refractivity contribution is -0.120. The second-order valence-corrected chi connectivity index (χ2v) is 18.3. The van der Waals surface area contributed by atoms with E-state index < -0.39 is 11.9 Å². The monoisotopic (exact) mass is 867 g/mol. The number of piperazine rings is 1. The Hall–Kier alpha value is -6.68. The highest BCUT2D eigenvalue weighted by Crippen LogP contribution is 2.36. The summed E-state index contributed by atoms with van der Waals surface area (Å²) >= 11 is 0. The minimum atomic E-state index is -0.460. The van der Waals surface area contributed by atoms with E-state index in [1.54, 1.807) is 11.0 Å². The van der Waals surface area contributed by atoms with Gasteiger partial charge in [-0.15, -0.1) is 0 Å². The normalized spacial score (nSPS) is 17.2. The van der Waals surface area contributed by atoms with Gasteiger partial charge in [-0.05, 0) is 91.8 Å². The highest BCUT2D eigenvalue weighted by Gasteiger charge is 2.31. The summed E-state index contributed by atoms with van der Waals surface area (Å²) in [4.78, 5) is 55.0. The molecule has 3 N–H and O–H groups in total. The van der Waals surface area contributed by atoms with Crippen LogP contribution in [-0.4, -0.2) is 100 Å². The lowest BCUT2D eigenvalue weighted by Crippen LogP contribution is -2.50. The van der Waals surface area contributed by atoms with Gasteiger partial charge in [-0.3, -0.25) is 29.8 Å². The maximum Gasteiger partial charge on any atom is 0.328 e. The first-order valence-corrected chi connectivity index (χ1v) is 22.1. The van der Waals surface area contributed by atoms with Crippen molar-refractivity contribution in [3.8, 4) is 22.4 Å². The lowest BCUT2D eigenvalue weighted by atomic mass is 9.95. The van der Waals surface area contributed by atoms with E-state index in [0.29, 0.717) is 28.8 Å². The molecule has 6 heterocycles. The Morgan fingerprint density at radius 1 is 0.891 bits per heavy atom. The van der Waals surface area contributed by atoms with E-state index in [1.165, 1.54) is 17.8 Å². The van der Waals surface area contributed by atoms with Gasteiger partial charge in [0.15, 0.2) is 5.65 Å². The van der Waals surface area contributed by atoms with Crippen LogP contribution < -0.4 is 25.3 Å². The van der Waals surface area contributed by atoms with Crippen LogP contribution in [0.25, 0.3) is 33.4 Å². The number of pyridine rings is 1. The van der Waals surface area contributed by atoms with Crippen molar-refractivity contribution in [1.29, 1.82) is 0 Å². The molecule has 3 fully saturated rings. The molecule has 1 unspecified atom stereocenters. The van der Waals surface area contributed by atoms with Gasteiger partial charge in [0, 0.05) is 92.6 Å². The lowest BCUT2D eigenvalue weighted by Gasteiger charge is -2.41. The molecule has 332 valence electrons. The van der Waals surface area contributed by atoms with Gasteiger partial charge in [0.05, 0.1) is 17.4 Å². The van der Waals surface area contributed by atoms with Crippen LogP contribution in [0, 0.1) is 18.7 Å². The number of amides is 4. The third kappa shape index (κ3) is 8.91. The topological polar surface area (TPSA) is 169 Å². The summed E-state index contributed by atoms with van der Waals surface area (Å²) in [6.45, 7) is 16.5. The number of nitrogens with zero attached hydrogens (tertiary/aromatic N) is 8. The summed E-state index contributed by atoms with van der Waals surface area (Å²) in [6.07, 6.45) is 4.07. The van der Waals surface area contributed by atoms with Crippen LogP contribution in [0.1, 0.15) is 80.6 Å². The van der Waals surface area contributed by atoms with E-state index in [0.717, 1.165) is 97.6 Å². The predicted molar refractivity (Wildman–Crippen MR) is 244 cm³/mol. The molecule has 64 heavy (non-hydrogen) atoms. The number of benzene rings is 3. The third-order valence-electron chi connectivity index (χ3n) is 12.7. The van der Waals surface area contributed by atoms with E-state index in [1.807, 2.05) is 52.9 Å². The Labute approximate surface area is 371 Å². The van der Waals surface area contributed by atoms with Gasteiger partial charge in [-0.1, -0.05) is 50.2 Å². The number of aromatic nitrogens is 5. The Morgan fingerprint density at radius 3 is 2.34 bits per heavy atom. The van der Waals surface area contributed by atoms with Crippen molar-refractivity contribution in [1.82, 2.24) is 40.9 Å². The fourth-order valence-electron chi connectivity index (χ4n) is 9.10. The van der Waals surface area contributed by atoms with Crippen molar-refractivity contribution in [2.75, 3.05) is 67.1 Å². The fraction of sp³-hybridized carbons (Fsp3) is 0.396. The molecule has 0 radical (unpaired) electrons. The number of carbonyl (C=O) groups is 3. The molecule has 0 spiro atoms. The van der Waals surface area contributed by atoms with Crippen molar-refractivity contribution < 1.29 is 23.3 Å². The Kier molecular flexibility index (Phi) is 11.6. The molecule has 0 aliphatic carbocycles. The number of halogens is 1. The Morgan fingerprint density at radius 2 is 1.64 bits per heavy atom. The van der Waals surface area contributed by atoms with Gasteiger partial charge in [0.1, 0.15) is 11.5 Å². The smallest absolute Gasteiger partial charge is 0.328 e. The largest absolute Gasteiger partial charge is 0.370 e. The molecule has 1 atom stereocenters. The molecule has 4 amide bonds. The van der Waals surface area contributed by atoms with E-state index in [-0.39, 0.29) is 42.0 Å². The number of imide groups is 1. The average molecular weight is 868 g/mol. The first kappa shape index (κ1) is 42.6. The summed E-state index contributed by atoms with van der Waals surface area (Å²) < 4.78 is 19.8. The van der Waals surface area contributed by atoms with E-state index in [9.17, 15) is 18.8 Å². The zero-order valence-corrected chi connectivity index (χ0v) is 36.9. The average Bonchev–Trinajstić information content (AvgIpc) is 3.96. The number of rotatable bonds is 10. The minimum Gasteiger partial charge on any atom is -0.370 e. The third-order valence-corrected chi connectivity index (χ3v) is 12.7. The zero-order chi connectivity index (χ0) is 44.7. The summed E-state index contributed by atoms with van der Waals surface area (Å²) in [5, 5.41) is 17.9. The van der Waals surface area contributed by atoms with Gasteiger partial charge >= 0.3 is 6.03 Å². The van der Waals surface area contributed by atoms with Gasteiger partial charge in [0.2, 0.25) is 11.8 Å². The fourth-order valence-corrected chi connectivity index (χ4v) is 9.10. The predicted octanol–water partition coefficient (Wildman–Crippen LogP) is 7.40. The molecule has 16 heteroatoms. The number of urea groups is 1. The van der Waals surface area contributed by atoms with Gasteiger partial charge in [0.25, 0.3) is 11.7 Å². The maximum absolute atomic E-state index is 14.5. The zero-order valence-electron chi connectivity index (χ0n) is 36.9. The number of hydrogen-bond donors (Lipinski definition) is 3. The molecule has 3 saturated heterocycles. The van der Waals surface area contributed by atoms with E-state index in [4.69, 9.17) is 9.51 Å². The number of anilines is 3. The van der Waals surface area contributed by atoms with Crippen LogP contribution in [0.2, 0.25) is 0 Å². The van der Waals surface area contributed by atoms with Gasteiger partial charge in [-0.25, -0.2) is 14.2 Å². The molecule has 3 aromatic carbocycles. The quantitative estimate of drug-likeness (QED) is 0.126. The molecular formula is C48H54FN11O4. The second kappa shape index (κ2) is 17.5. The highest BCUT2D eigenvalue weighted by molar-refractivity contribution is 6.07. The SMILES string of the molecule is Cc1cc(-c2n[nH]c3ncc(-c4ccc(N5CCN(CC6CCN(c7cc(F)ccc7N7CCC(=O)NC7=O)CC6)CC5)cc4)cc23)ccc1C(C)NC(=O)c1noc(C(C)(C)C)n1. The number of nitrogens with one attached hydrogen (secondary N) is 3. The summed E-state index contributed by atoms with van der Waals surface area (Å²) in [7, 11) is 0. The van der Waals surface area contributed by atoms with Crippen LogP contribution in [0.5, 0.6) is 0 Å². The number of hydrogen-bond acceptors (Lipinski definition) is 11. The Bertz CT molecular complexity index is 2690. The highest BCUT2D eigenvalue weighted by atomic mass is 19.1. The first-order valence-electron chi connectivity index (χ1n) is 22.1. The molecule has 9 rings (SSSR count). The maximum atomic E-state index is 14.5. The van der Waals surface area contributed by atoms with E-state index >= 15 is 0 Å². The van der Waals surface area contributed by atoms with Crippen LogP contribution in [-0.2, 0) is 10.2 Å². The van der Waals surface area contributed by atoms with Gasteiger partial charge in [-0.2, -0.15) is 10.1 Å². The number of fused-ring (bicyclic) bond motifs is 1. The minimum absolute atomic E-state index is 0.0152. The molecule has 0 saturated carbocycles. The molecule has 3 aromatic heterocycles. The first-order chi connectivity index (χ1) is 30.8. The number of aryl methyl sites for hydroxylation is 1. The van der Waals surface area contributed by atoms with Crippen LogP contribution >= 0.6 is 0 Å². The summed E-state index contributed by atoms with van der Waals surface area (Å²) in [6, 6.07) is 20.7. The molecule has 6 aromatic rings. The van der Waals surface area contributed by atoms with Crippen LogP contribution in [0.3, 0.4) is 0 Å². The van der Waals surface area contributed by atoms with Crippen molar-refractivity contribution in [3.63, 3.8) is 0 Å². The van der Waals surface area contributed by atoms with Crippen LogP contribution in [0.4, 0.5) is 26.2 Å². The molecule has 15 nitrogen and oxygen atoms in total. The molecule has 3 aliphatic rings. The van der Waals surface area contributed by atoms with Crippen molar-refractivity contribution in [2.24, 2.45) is 5.92 Å². The number of H-pyrrole nitrogens is 1. The molecular weight excluding hydrogens is 814 g/mol.